The van der Waals surface area contributed by atoms with Gasteiger partial charge in [0, 0.05) is 32.7 Å². The molecule has 3 heterocycles. The third-order valence-electron chi connectivity index (χ3n) is 12.1. The molecule has 0 spiro atoms. The summed E-state index contributed by atoms with van der Waals surface area (Å²) in [4.78, 5) is 49.7. The maximum absolute atomic E-state index is 13.0. The van der Waals surface area contributed by atoms with Gasteiger partial charge in [-0.15, -0.1) is 0 Å². The highest BCUT2D eigenvalue weighted by Crippen LogP contribution is 2.39. The third-order valence-corrected chi connectivity index (χ3v) is 12.1. The van der Waals surface area contributed by atoms with Crippen LogP contribution in [-0.2, 0) is 42.9 Å². The lowest BCUT2D eigenvalue weighted by atomic mass is 9.87. The van der Waals surface area contributed by atoms with E-state index in [2.05, 4.69) is 17.6 Å². The maximum atomic E-state index is 13.0. The van der Waals surface area contributed by atoms with Crippen LogP contribution in [0.25, 0.3) is 0 Å². The van der Waals surface area contributed by atoms with E-state index in [4.69, 9.17) is 35.2 Å². The number of amides is 1. The van der Waals surface area contributed by atoms with Gasteiger partial charge in [-0.3, -0.25) is 4.79 Å². The number of nitrogens with one attached hydrogen (secondary N) is 2. The first-order valence-corrected chi connectivity index (χ1v) is 22.1. The molecule has 0 bridgehead atoms. The SMILES string of the molecule is CCCCCCCCCCCCNCC(O)C1OC(OC(CO)C(O)C2OC(OC(CO)C(O)C3OC(O)(C(=O)O)CC(O)C3N)(C(=O)O)CC(O)C2N)(C(=O)O)CC(O)C1NC(C)=O. The number of hydrogen-bond acceptors (Lipinski definition) is 21. The highest BCUT2D eigenvalue weighted by Gasteiger charge is 2.60. The summed E-state index contributed by atoms with van der Waals surface area (Å²) in [5.41, 5.74) is 12.0. The number of hydrogen-bond donors (Lipinski definition) is 16. The van der Waals surface area contributed by atoms with Gasteiger partial charge in [-0.1, -0.05) is 64.7 Å². The number of rotatable bonds is 28. The van der Waals surface area contributed by atoms with Crippen molar-refractivity contribution in [2.75, 3.05) is 26.3 Å². The molecule has 18 N–H and O–H groups in total. The molecule has 65 heavy (non-hydrogen) atoms. The van der Waals surface area contributed by atoms with Crippen LogP contribution in [0.3, 0.4) is 0 Å². The Bertz CT molecular complexity index is 1520. The molecule has 0 radical (unpaired) electrons. The van der Waals surface area contributed by atoms with Crippen molar-refractivity contribution >= 4 is 23.8 Å². The van der Waals surface area contributed by atoms with Crippen molar-refractivity contribution in [2.45, 2.75) is 200 Å². The first-order chi connectivity index (χ1) is 30.5. The summed E-state index contributed by atoms with van der Waals surface area (Å²) in [5.74, 6) is -15.9. The van der Waals surface area contributed by atoms with Crippen LogP contribution in [0.2, 0.25) is 0 Å². The zero-order valence-electron chi connectivity index (χ0n) is 36.8. The summed E-state index contributed by atoms with van der Waals surface area (Å²) >= 11 is 0. The molecule has 0 aromatic carbocycles. The quantitative estimate of drug-likeness (QED) is 0.0328. The van der Waals surface area contributed by atoms with E-state index in [9.17, 15) is 80.5 Å². The predicted octanol–water partition coefficient (Wildman–Crippen LogP) is -4.72. The number of ether oxygens (including phenoxy) is 5. The van der Waals surface area contributed by atoms with Gasteiger partial charge in [-0.05, 0) is 13.0 Å². The summed E-state index contributed by atoms with van der Waals surface area (Å²) in [5, 5.41) is 134. The lowest BCUT2D eigenvalue weighted by Gasteiger charge is -2.49. The third kappa shape index (κ3) is 14.6. The van der Waals surface area contributed by atoms with E-state index in [0.717, 1.165) is 39.0 Å². The molecule has 3 rings (SSSR count). The van der Waals surface area contributed by atoms with Gasteiger partial charge < -0.3 is 107 Å². The number of aliphatic hydroxyl groups is 9. The second-order valence-electron chi connectivity index (χ2n) is 17.3. The number of carboxylic acids is 3. The molecule has 3 aliphatic heterocycles. The second kappa shape index (κ2) is 25.5. The van der Waals surface area contributed by atoms with Crippen molar-refractivity contribution in [3.63, 3.8) is 0 Å². The standard InChI is InChI=1S/C40H72N4O21/c1-3-4-5-6-7-8-9-10-11-12-13-43-17-24(51)32-29(44-20(2)47)23(50)16-40(64-32,37(58)59)62-26(19-46)31(53)34-28(42)22(49)15-39(65-34,36(56)57)61-25(18-45)30(52)33-27(41)21(48)14-38(60,63-33)35(54)55/h21-34,43,45-46,48-53,60H,3-19,41-42H2,1-2H3,(H,44,47)(H,54,55)(H,56,57)(H,58,59). The summed E-state index contributed by atoms with van der Waals surface area (Å²) in [6.45, 7) is 0.954. The monoisotopic (exact) mass is 944 g/mol. The summed E-state index contributed by atoms with van der Waals surface area (Å²) in [6.07, 6.45) is -14.2. The molecule has 0 saturated carbocycles. The fourth-order valence-corrected chi connectivity index (χ4v) is 8.37. The van der Waals surface area contributed by atoms with Crippen molar-refractivity contribution in [1.29, 1.82) is 0 Å². The number of carbonyl (C=O) groups excluding carboxylic acids is 1. The second-order valence-corrected chi connectivity index (χ2v) is 17.3. The highest BCUT2D eigenvalue weighted by atomic mass is 16.8. The number of unbranched alkanes of at least 4 members (excludes halogenated alkanes) is 9. The largest absolute Gasteiger partial charge is 0.477 e. The van der Waals surface area contributed by atoms with E-state index in [1.165, 1.54) is 32.1 Å². The lowest BCUT2D eigenvalue weighted by molar-refractivity contribution is -0.353. The molecule has 25 heteroatoms. The predicted molar refractivity (Wildman–Crippen MR) is 220 cm³/mol. The fraction of sp³-hybridized carbons (Fsp3) is 0.900. The van der Waals surface area contributed by atoms with E-state index in [-0.39, 0.29) is 6.54 Å². The molecule has 378 valence electrons. The Kier molecular flexibility index (Phi) is 22.2. The molecular formula is C40H72N4O21. The molecule has 17 atom stereocenters. The highest BCUT2D eigenvalue weighted by molar-refractivity contribution is 5.77. The molecule has 1 amide bonds. The minimum atomic E-state index is -3.17. The van der Waals surface area contributed by atoms with Crippen molar-refractivity contribution in [3.05, 3.63) is 0 Å². The average Bonchev–Trinajstić information content (AvgIpc) is 3.24. The normalized spacial score (nSPS) is 35.4. The smallest absolute Gasteiger partial charge is 0.364 e. The first-order valence-electron chi connectivity index (χ1n) is 22.1. The van der Waals surface area contributed by atoms with Crippen molar-refractivity contribution < 1.29 is 104 Å². The van der Waals surface area contributed by atoms with Crippen LogP contribution in [0.1, 0.15) is 97.3 Å². The summed E-state index contributed by atoms with van der Waals surface area (Å²) < 4.78 is 27.7. The van der Waals surface area contributed by atoms with E-state index in [1.807, 2.05) is 0 Å². The minimum Gasteiger partial charge on any atom is -0.477 e. The number of nitrogens with two attached hydrogens (primary N) is 2. The minimum absolute atomic E-state index is 0.198. The van der Waals surface area contributed by atoms with Crippen LogP contribution in [-0.4, -0.2) is 214 Å². The molecule has 0 aliphatic carbocycles. The van der Waals surface area contributed by atoms with Gasteiger partial charge in [-0.2, -0.15) is 0 Å². The Balaban J connectivity index is 1.81. The zero-order valence-corrected chi connectivity index (χ0v) is 36.8. The summed E-state index contributed by atoms with van der Waals surface area (Å²) in [7, 11) is 0. The number of carbonyl (C=O) groups is 4. The zero-order chi connectivity index (χ0) is 48.9. The van der Waals surface area contributed by atoms with E-state index in [0.29, 0.717) is 6.54 Å². The number of carboxylic acid groups (broad SMARTS) is 3. The topological polar surface area (TPSA) is 433 Å². The molecule has 0 aromatic rings. The molecule has 3 fully saturated rings. The molecule has 17 unspecified atom stereocenters. The van der Waals surface area contributed by atoms with Gasteiger partial charge in [-0.25, -0.2) is 14.4 Å². The number of aliphatic carboxylic acids is 3. The van der Waals surface area contributed by atoms with Gasteiger partial charge in [0.1, 0.15) is 42.7 Å². The first kappa shape index (κ1) is 56.5. The Morgan fingerprint density at radius 2 is 1.09 bits per heavy atom. The Labute approximate surface area is 375 Å². The lowest BCUT2D eigenvalue weighted by Crippen LogP contribution is -2.70. The number of aliphatic hydroxyl groups excluding tert-OH is 8. The Hall–Kier alpha value is -2.80. The van der Waals surface area contributed by atoms with Crippen LogP contribution in [0.4, 0.5) is 0 Å². The maximum Gasteiger partial charge on any atom is 0.364 e. The van der Waals surface area contributed by atoms with Crippen molar-refractivity contribution in [2.24, 2.45) is 11.5 Å². The van der Waals surface area contributed by atoms with Gasteiger partial charge in [0.15, 0.2) is 0 Å². The van der Waals surface area contributed by atoms with Crippen LogP contribution >= 0.6 is 0 Å². The van der Waals surface area contributed by atoms with Crippen molar-refractivity contribution in [1.82, 2.24) is 10.6 Å². The van der Waals surface area contributed by atoms with Gasteiger partial charge >= 0.3 is 17.9 Å². The van der Waals surface area contributed by atoms with Gasteiger partial charge in [0.2, 0.25) is 5.91 Å². The average molecular weight is 945 g/mol. The molecule has 3 aliphatic rings. The Morgan fingerprint density at radius 1 is 0.662 bits per heavy atom. The van der Waals surface area contributed by atoms with E-state index < -0.39 is 159 Å². The van der Waals surface area contributed by atoms with Gasteiger partial charge in [0.05, 0.1) is 55.8 Å². The van der Waals surface area contributed by atoms with Crippen LogP contribution in [0.15, 0.2) is 0 Å². The van der Waals surface area contributed by atoms with Crippen LogP contribution < -0.4 is 22.1 Å². The molecular weight excluding hydrogens is 872 g/mol. The molecule has 0 aromatic heterocycles. The van der Waals surface area contributed by atoms with Crippen molar-refractivity contribution in [3.8, 4) is 0 Å². The summed E-state index contributed by atoms with van der Waals surface area (Å²) in [6, 6.07) is -4.79. The van der Waals surface area contributed by atoms with E-state index in [1.54, 1.807) is 0 Å². The van der Waals surface area contributed by atoms with Gasteiger partial charge in [0.25, 0.3) is 17.4 Å². The van der Waals surface area contributed by atoms with Crippen LogP contribution in [0, 0.1) is 0 Å². The Morgan fingerprint density at radius 3 is 1.54 bits per heavy atom. The molecule has 25 nitrogen and oxygen atoms in total. The van der Waals surface area contributed by atoms with E-state index >= 15 is 0 Å². The van der Waals surface area contributed by atoms with Crippen LogP contribution in [0.5, 0.6) is 0 Å². The fourth-order valence-electron chi connectivity index (χ4n) is 8.37. The molecule has 3 saturated heterocycles.